The highest BCUT2D eigenvalue weighted by atomic mass is 28.4. The molecule has 4 aromatic rings. The van der Waals surface area contributed by atoms with Gasteiger partial charge in [-0.25, -0.2) is 9.67 Å². The lowest BCUT2D eigenvalue weighted by molar-refractivity contribution is -0.139. The standard InChI is InChI=1S/C30H35N3O3Si/c1-29(2,3)37(4,5)36-26(21-27(34)35)28-31-22-32-33(28)30(23-15-9-6-10-16-23,24-17-11-7-12-18-24)25-19-13-8-14-20-25/h6-20,22,26H,21H2,1-5H3,(H,34,35). The minimum atomic E-state index is -2.36. The molecule has 1 atom stereocenters. The maximum Gasteiger partial charge on any atom is 0.306 e. The van der Waals surface area contributed by atoms with E-state index < -0.39 is 25.9 Å². The van der Waals surface area contributed by atoms with Crippen molar-refractivity contribution in [3.05, 3.63) is 120 Å². The second-order valence-electron chi connectivity index (χ2n) is 10.8. The molecule has 0 amide bonds. The predicted molar refractivity (Wildman–Crippen MR) is 148 cm³/mol. The molecule has 0 bridgehead atoms. The number of hydrogen-bond acceptors (Lipinski definition) is 4. The first-order valence-corrected chi connectivity index (χ1v) is 15.4. The van der Waals surface area contributed by atoms with Crippen molar-refractivity contribution in [3.8, 4) is 0 Å². The predicted octanol–water partition coefficient (Wildman–Crippen LogP) is 6.66. The molecule has 0 spiro atoms. The summed E-state index contributed by atoms with van der Waals surface area (Å²) in [7, 11) is -2.36. The first-order valence-electron chi connectivity index (χ1n) is 12.5. The van der Waals surface area contributed by atoms with Crippen LogP contribution >= 0.6 is 0 Å². The molecule has 1 aromatic heterocycles. The van der Waals surface area contributed by atoms with Crippen LogP contribution in [0.5, 0.6) is 0 Å². The minimum absolute atomic E-state index is 0.107. The zero-order chi connectivity index (χ0) is 26.7. The summed E-state index contributed by atoms with van der Waals surface area (Å²) in [5, 5.41) is 14.6. The summed E-state index contributed by atoms with van der Waals surface area (Å²) in [6.45, 7) is 10.7. The Morgan fingerprint density at radius 2 is 1.30 bits per heavy atom. The van der Waals surface area contributed by atoms with E-state index in [9.17, 15) is 9.90 Å². The summed E-state index contributed by atoms with van der Waals surface area (Å²) >= 11 is 0. The first kappa shape index (κ1) is 26.5. The molecule has 7 heteroatoms. The van der Waals surface area contributed by atoms with Crippen molar-refractivity contribution in [3.63, 3.8) is 0 Å². The monoisotopic (exact) mass is 513 g/mol. The molecule has 0 saturated carbocycles. The van der Waals surface area contributed by atoms with Crippen molar-refractivity contribution < 1.29 is 14.3 Å². The molecule has 4 rings (SSSR count). The van der Waals surface area contributed by atoms with Gasteiger partial charge in [-0.15, -0.1) is 0 Å². The fourth-order valence-electron chi connectivity index (χ4n) is 4.51. The molecular formula is C30H35N3O3Si. The van der Waals surface area contributed by atoms with E-state index in [2.05, 4.69) is 75.2 Å². The number of aromatic nitrogens is 3. The fourth-order valence-corrected chi connectivity index (χ4v) is 5.76. The lowest BCUT2D eigenvalue weighted by Crippen LogP contribution is -2.44. The van der Waals surface area contributed by atoms with Crippen molar-refractivity contribution in [2.24, 2.45) is 0 Å². The van der Waals surface area contributed by atoms with Crippen molar-refractivity contribution in [1.29, 1.82) is 0 Å². The highest BCUT2D eigenvalue weighted by Gasteiger charge is 2.45. The number of carbonyl (C=O) groups is 1. The van der Waals surface area contributed by atoms with Gasteiger partial charge in [0.15, 0.2) is 14.1 Å². The smallest absolute Gasteiger partial charge is 0.306 e. The largest absolute Gasteiger partial charge is 0.481 e. The van der Waals surface area contributed by atoms with Crippen LogP contribution in [0.1, 0.15) is 55.8 Å². The summed E-state index contributed by atoms with van der Waals surface area (Å²) in [6, 6.07) is 30.5. The van der Waals surface area contributed by atoms with Gasteiger partial charge in [0.05, 0.1) is 6.42 Å². The molecule has 192 valence electrons. The topological polar surface area (TPSA) is 77.2 Å². The maximum atomic E-state index is 12.1. The summed E-state index contributed by atoms with van der Waals surface area (Å²) in [5.74, 6) is -0.452. The normalized spacial score (nSPS) is 13.3. The number of aliphatic carboxylic acids is 1. The molecule has 37 heavy (non-hydrogen) atoms. The van der Waals surface area contributed by atoms with Gasteiger partial charge in [0.2, 0.25) is 0 Å². The molecule has 3 aromatic carbocycles. The van der Waals surface area contributed by atoms with Crippen molar-refractivity contribution in [2.75, 3.05) is 0 Å². The molecule has 0 aliphatic carbocycles. The van der Waals surface area contributed by atoms with E-state index in [1.54, 1.807) is 0 Å². The Bertz CT molecular complexity index is 1220. The van der Waals surface area contributed by atoms with Crippen LogP contribution in [-0.2, 0) is 14.8 Å². The van der Waals surface area contributed by atoms with E-state index in [0.29, 0.717) is 5.82 Å². The molecule has 0 aliphatic rings. The second-order valence-corrected chi connectivity index (χ2v) is 15.6. The number of carboxylic acids is 1. The van der Waals surface area contributed by atoms with Gasteiger partial charge in [0.25, 0.3) is 0 Å². The lowest BCUT2D eigenvalue weighted by Gasteiger charge is -2.41. The third-order valence-electron chi connectivity index (χ3n) is 7.36. The summed E-state index contributed by atoms with van der Waals surface area (Å²) in [5.41, 5.74) is 2.06. The average molecular weight is 514 g/mol. The Hall–Kier alpha value is -3.55. The van der Waals surface area contributed by atoms with E-state index in [0.717, 1.165) is 16.7 Å². The quantitative estimate of drug-likeness (QED) is 0.200. The van der Waals surface area contributed by atoms with Crippen molar-refractivity contribution in [2.45, 2.75) is 57.0 Å². The summed E-state index contributed by atoms with van der Waals surface area (Å²) in [4.78, 5) is 16.8. The van der Waals surface area contributed by atoms with E-state index >= 15 is 0 Å². The number of hydrogen-bond donors (Lipinski definition) is 1. The molecule has 1 heterocycles. The van der Waals surface area contributed by atoms with Crippen LogP contribution in [0.3, 0.4) is 0 Å². The van der Waals surface area contributed by atoms with Crippen molar-refractivity contribution >= 4 is 14.3 Å². The first-order chi connectivity index (χ1) is 17.6. The van der Waals surface area contributed by atoms with Crippen LogP contribution in [0.15, 0.2) is 97.3 Å². The Morgan fingerprint density at radius 1 is 0.865 bits per heavy atom. The molecule has 0 saturated heterocycles. The van der Waals surface area contributed by atoms with Crippen LogP contribution in [0, 0.1) is 0 Å². The van der Waals surface area contributed by atoms with Crippen LogP contribution in [-0.4, -0.2) is 34.2 Å². The van der Waals surface area contributed by atoms with Gasteiger partial charge in [-0.2, -0.15) is 5.10 Å². The van der Waals surface area contributed by atoms with Crippen molar-refractivity contribution in [1.82, 2.24) is 14.8 Å². The van der Waals surface area contributed by atoms with E-state index in [1.165, 1.54) is 6.33 Å². The Labute approximate surface area is 220 Å². The van der Waals surface area contributed by atoms with Gasteiger partial charge in [-0.1, -0.05) is 112 Å². The molecular weight excluding hydrogens is 478 g/mol. The van der Waals surface area contributed by atoms with Gasteiger partial charge in [0.1, 0.15) is 18.0 Å². The Morgan fingerprint density at radius 3 is 1.68 bits per heavy atom. The van der Waals surface area contributed by atoms with Gasteiger partial charge in [-0.05, 0) is 34.8 Å². The highest BCUT2D eigenvalue weighted by Crippen LogP contribution is 2.44. The third-order valence-corrected chi connectivity index (χ3v) is 11.8. The minimum Gasteiger partial charge on any atom is -0.481 e. The third kappa shape index (κ3) is 5.15. The summed E-state index contributed by atoms with van der Waals surface area (Å²) < 4.78 is 8.60. The van der Waals surface area contributed by atoms with E-state index in [-0.39, 0.29) is 11.5 Å². The van der Waals surface area contributed by atoms with E-state index in [1.807, 2.05) is 59.3 Å². The summed E-state index contributed by atoms with van der Waals surface area (Å²) in [6.07, 6.45) is 0.527. The number of nitrogens with zero attached hydrogens (tertiary/aromatic N) is 3. The average Bonchev–Trinajstić information content (AvgIpc) is 3.35. The van der Waals surface area contributed by atoms with Crippen LogP contribution < -0.4 is 0 Å². The highest BCUT2D eigenvalue weighted by molar-refractivity contribution is 6.74. The molecule has 1 unspecified atom stereocenters. The SMILES string of the molecule is CC(C)(C)[Si](C)(C)OC(CC(=O)O)c1ncnn1C(c1ccccc1)(c1ccccc1)c1ccccc1. The van der Waals surface area contributed by atoms with Crippen LogP contribution in [0.2, 0.25) is 18.1 Å². The van der Waals surface area contributed by atoms with Gasteiger partial charge < -0.3 is 9.53 Å². The zero-order valence-corrected chi connectivity index (χ0v) is 23.1. The Balaban J connectivity index is 2.03. The van der Waals surface area contributed by atoms with Gasteiger partial charge in [-0.3, -0.25) is 4.79 Å². The molecule has 0 fully saturated rings. The van der Waals surface area contributed by atoms with Crippen LogP contribution in [0.25, 0.3) is 0 Å². The molecule has 0 radical (unpaired) electrons. The molecule has 0 aliphatic heterocycles. The zero-order valence-electron chi connectivity index (χ0n) is 22.1. The fraction of sp³-hybridized carbons (Fsp3) is 0.300. The number of carboxylic acid groups (broad SMARTS) is 1. The molecule has 6 nitrogen and oxygen atoms in total. The van der Waals surface area contributed by atoms with Gasteiger partial charge >= 0.3 is 5.97 Å². The van der Waals surface area contributed by atoms with Gasteiger partial charge in [0, 0.05) is 0 Å². The van der Waals surface area contributed by atoms with Crippen LogP contribution in [0.4, 0.5) is 0 Å². The number of rotatable bonds is 9. The maximum absolute atomic E-state index is 12.1. The van der Waals surface area contributed by atoms with E-state index in [4.69, 9.17) is 9.52 Å². The molecule has 1 N–H and O–H groups in total. The Kier molecular flexibility index (Phi) is 7.48. The number of benzene rings is 3. The second kappa shape index (κ2) is 10.4. The lowest BCUT2D eigenvalue weighted by atomic mass is 9.77.